The van der Waals surface area contributed by atoms with Crippen molar-refractivity contribution in [1.82, 2.24) is 9.78 Å². The van der Waals surface area contributed by atoms with E-state index in [0.717, 1.165) is 16.7 Å². The summed E-state index contributed by atoms with van der Waals surface area (Å²) >= 11 is 0. The quantitative estimate of drug-likeness (QED) is 0.790. The van der Waals surface area contributed by atoms with Crippen molar-refractivity contribution in [3.8, 4) is 22.9 Å². The number of methoxy groups -OCH3 is 1. The number of aryl methyl sites for hydroxylation is 2. The number of benzene rings is 1. The second-order valence-electron chi connectivity index (χ2n) is 3.89. The summed E-state index contributed by atoms with van der Waals surface area (Å²) in [5.74, 6) is 0.639. The maximum absolute atomic E-state index is 9.10. The Labute approximate surface area is 100 Å². The molecule has 4 heteroatoms. The molecule has 17 heavy (non-hydrogen) atoms. The topological polar surface area (TPSA) is 50.8 Å². The average Bonchev–Trinajstić information content (AvgIpc) is 2.74. The van der Waals surface area contributed by atoms with Crippen LogP contribution in [-0.2, 0) is 7.05 Å². The Bertz CT molecular complexity index is 593. The molecule has 0 aliphatic carbocycles. The van der Waals surface area contributed by atoms with Crippen LogP contribution in [0.15, 0.2) is 24.5 Å². The lowest BCUT2D eigenvalue weighted by atomic mass is 10.0. The minimum Gasteiger partial charge on any atom is -0.495 e. The van der Waals surface area contributed by atoms with Crippen molar-refractivity contribution in [1.29, 1.82) is 5.26 Å². The van der Waals surface area contributed by atoms with E-state index in [-0.39, 0.29) is 0 Å². The second-order valence-corrected chi connectivity index (χ2v) is 3.89. The summed E-state index contributed by atoms with van der Waals surface area (Å²) in [4.78, 5) is 0. The van der Waals surface area contributed by atoms with E-state index in [4.69, 9.17) is 10.00 Å². The van der Waals surface area contributed by atoms with Gasteiger partial charge in [-0.05, 0) is 30.2 Å². The molecule has 0 bridgehead atoms. The summed E-state index contributed by atoms with van der Waals surface area (Å²) in [5, 5.41) is 13.2. The molecule has 0 unspecified atom stereocenters. The van der Waals surface area contributed by atoms with Gasteiger partial charge in [0.2, 0.25) is 0 Å². The monoisotopic (exact) mass is 227 g/mol. The first-order valence-electron chi connectivity index (χ1n) is 5.23. The summed E-state index contributed by atoms with van der Waals surface area (Å²) in [6.45, 7) is 1.93. The lowest BCUT2D eigenvalue weighted by Gasteiger charge is -2.08. The highest BCUT2D eigenvalue weighted by atomic mass is 16.5. The molecule has 86 valence electrons. The van der Waals surface area contributed by atoms with Crippen molar-refractivity contribution in [2.45, 2.75) is 6.92 Å². The van der Waals surface area contributed by atoms with Crippen molar-refractivity contribution in [2.75, 3.05) is 7.11 Å². The van der Waals surface area contributed by atoms with Crippen molar-refractivity contribution < 1.29 is 4.74 Å². The molecule has 0 aliphatic rings. The van der Waals surface area contributed by atoms with Gasteiger partial charge >= 0.3 is 0 Å². The Hall–Kier alpha value is -2.28. The number of rotatable bonds is 2. The fourth-order valence-corrected chi connectivity index (χ4v) is 1.86. The van der Waals surface area contributed by atoms with Gasteiger partial charge in [0, 0.05) is 18.8 Å². The lowest BCUT2D eigenvalue weighted by Crippen LogP contribution is -1.92. The van der Waals surface area contributed by atoms with E-state index < -0.39 is 0 Å². The highest BCUT2D eigenvalue weighted by Gasteiger charge is 2.10. The molecule has 0 atom stereocenters. The summed E-state index contributed by atoms with van der Waals surface area (Å²) in [6, 6.07) is 5.97. The molecule has 0 fully saturated rings. The van der Waals surface area contributed by atoms with Crippen LogP contribution in [0.2, 0.25) is 0 Å². The fourth-order valence-electron chi connectivity index (χ4n) is 1.86. The van der Waals surface area contributed by atoms with Crippen LogP contribution >= 0.6 is 0 Å². The number of hydrogen-bond donors (Lipinski definition) is 0. The third kappa shape index (κ3) is 2.00. The molecular weight excluding hydrogens is 214 g/mol. The van der Waals surface area contributed by atoms with Crippen molar-refractivity contribution in [3.63, 3.8) is 0 Å². The fraction of sp³-hybridized carbons (Fsp3) is 0.231. The van der Waals surface area contributed by atoms with Crippen LogP contribution in [0.25, 0.3) is 11.1 Å². The minimum atomic E-state index is 0.548. The van der Waals surface area contributed by atoms with E-state index in [9.17, 15) is 0 Å². The second kappa shape index (κ2) is 4.30. The molecule has 0 N–H and O–H groups in total. The van der Waals surface area contributed by atoms with E-state index >= 15 is 0 Å². The first-order chi connectivity index (χ1) is 8.15. The number of nitrogens with zero attached hydrogens (tertiary/aromatic N) is 3. The van der Waals surface area contributed by atoms with Crippen molar-refractivity contribution >= 4 is 0 Å². The van der Waals surface area contributed by atoms with Gasteiger partial charge in [-0.25, -0.2) is 0 Å². The van der Waals surface area contributed by atoms with Gasteiger partial charge in [0.15, 0.2) is 0 Å². The van der Waals surface area contributed by atoms with E-state index in [1.165, 1.54) is 0 Å². The van der Waals surface area contributed by atoms with Gasteiger partial charge in [-0.1, -0.05) is 0 Å². The Morgan fingerprint density at radius 1 is 1.35 bits per heavy atom. The molecular formula is C13H13N3O. The first kappa shape index (κ1) is 11.2. The summed E-state index contributed by atoms with van der Waals surface area (Å²) in [6.07, 6.45) is 3.70. The van der Waals surface area contributed by atoms with E-state index in [2.05, 4.69) is 11.2 Å². The third-order valence-electron chi connectivity index (χ3n) is 2.64. The van der Waals surface area contributed by atoms with Gasteiger partial charge in [-0.15, -0.1) is 0 Å². The third-order valence-corrected chi connectivity index (χ3v) is 2.64. The molecule has 2 rings (SSSR count). The number of nitriles is 1. The molecule has 1 heterocycles. The summed E-state index contributed by atoms with van der Waals surface area (Å²) in [5.41, 5.74) is 3.47. The van der Waals surface area contributed by atoms with Gasteiger partial charge < -0.3 is 4.74 Å². The molecule has 0 aliphatic heterocycles. The number of hydrogen-bond acceptors (Lipinski definition) is 3. The van der Waals surface area contributed by atoms with Crippen molar-refractivity contribution in [2.24, 2.45) is 7.05 Å². The first-order valence-corrected chi connectivity index (χ1v) is 5.23. The zero-order chi connectivity index (χ0) is 12.4. The van der Waals surface area contributed by atoms with Crippen LogP contribution in [0.4, 0.5) is 0 Å². The molecule has 1 aromatic carbocycles. The highest BCUT2D eigenvalue weighted by Crippen LogP contribution is 2.29. The summed E-state index contributed by atoms with van der Waals surface area (Å²) < 4.78 is 6.96. The Morgan fingerprint density at radius 3 is 2.65 bits per heavy atom. The maximum Gasteiger partial charge on any atom is 0.139 e. The summed E-state index contributed by atoms with van der Waals surface area (Å²) in [7, 11) is 3.44. The molecule has 0 radical (unpaired) electrons. The molecule has 0 saturated carbocycles. The predicted molar refractivity (Wildman–Crippen MR) is 64.6 cm³/mol. The van der Waals surface area contributed by atoms with E-state index in [1.54, 1.807) is 18.0 Å². The van der Waals surface area contributed by atoms with E-state index in [1.807, 2.05) is 32.3 Å². The number of ether oxygens (including phenoxy) is 1. The normalized spacial score (nSPS) is 10.0. The Kier molecular flexibility index (Phi) is 2.84. The highest BCUT2D eigenvalue weighted by molar-refractivity contribution is 5.68. The van der Waals surface area contributed by atoms with Gasteiger partial charge in [-0.3, -0.25) is 4.68 Å². The molecule has 2 aromatic rings. The average molecular weight is 227 g/mol. The number of aromatic nitrogens is 2. The van der Waals surface area contributed by atoms with Crippen molar-refractivity contribution in [3.05, 3.63) is 35.7 Å². The van der Waals surface area contributed by atoms with Crippen LogP contribution in [0.1, 0.15) is 11.1 Å². The van der Waals surface area contributed by atoms with Crippen LogP contribution in [0.3, 0.4) is 0 Å². The molecule has 0 spiro atoms. The smallest absolute Gasteiger partial charge is 0.139 e. The predicted octanol–water partition coefficient (Wildman–Crippen LogP) is 2.28. The van der Waals surface area contributed by atoms with Crippen LogP contribution in [0.5, 0.6) is 5.75 Å². The maximum atomic E-state index is 9.10. The Balaban J connectivity index is 2.58. The van der Waals surface area contributed by atoms with Gasteiger partial charge in [0.25, 0.3) is 0 Å². The zero-order valence-corrected chi connectivity index (χ0v) is 10.1. The van der Waals surface area contributed by atoms with Crippen LogP contribution in [-0.4, -0.2) is 16.9 Å². The SMILES string of the molecule is COc1c(C)cc(-c2cnn(C)c2)cc1C#N. The molecule has 0 saturated heterocycles. The lowest BCUT2D eigenvalue weighted by molar-refractivity contribution is 0.410. The van der Waals surface area contributed by atoms with Crippen LogP contribution < -0.4 is 4.74 Å². The van der Waals surface area contributed by atoms with E-state index in [0.29, 0.717) is 11.3 Å². The standard InChI is InChI=1S/C13H13N3O/c1-9-4-10(12-7-15-16(2)8-12)5-11(6-14)13(9)17-3/h4-5,7-8H,1-3H3. The van der Waals surface area contributed by atoms with Gasteiger partial charge in [0.1, 0.15) is 11.8 Å². The molecule has 4 nitrogen and oxygen atoms in total. The van der Waals surface area contributed by atoms with Gasteiger partial charge in [0.05, 0.1) is 18.9 Å². The largest absolute Gasteiger partial charge is 0.495 e. The molecule has 0 amide bonds. The molecule has 1 aromatic heterocycles. The van der Waals surface area contributed by atoms with Gasteiger partial charge in [-0.2, -0.15) is 10.4 Å². The Morgan fingerprint density at radius 2 is 2.12 bits per heavy atom. The van der Waals surface area contributed by atoms with Crippen LogP contribution in [0, 0.1) is 18.3 Å². The zero-order valence-electron chi connectivity index (χ0n) is 10.1. The minimum absolute atomic E-state index is 0.548.